The summed E-state index contributed by atoms with van der Waals surface area (Å²) in [6, 6.07) is 12.0. The van der Waals surface area contributed by atoms with Crippen LogP contribution >= 0.6 is 0 Å². The molecule has 3 N–H and O–H groups in total. The van der Waals surface area contributed by atoms with E-state index < -0.39 is 29.6 Å². The molecule has 1 amide bonds. The van der Waals surface area contributed by atoms with Crippen LogP contribution in [0.1, 0.15) is 65.2 Å². The monoisotopic (exact) mass is 589 g/mol. The molecule has 0 spiro atoms. The molecule has 228 valence electrons. The van der Waals surface area contributed by atoms with E-state index in [1.807, 2.05) is 65.0 Å². The molecular weight excluding hydrogens is 550 g/mol. The van der Waals surface area contributed by atoms with E-state index in [1.54, 1.807) is 17.0 Å². The Bertz CT molecular complexity index is 1540. The number of aromatic nitrogens is 2. The van der Waals surface area contributed by atoms with Gasteiger partial charge in [0.15, 0.2) is 0 Å². The number of fused-ring (bicyclic) bond motifs is 1. The van der Waals surface area contributed by atoms with Crippen molar-refractivity contribution >= 4 is 23.5 Å². The van der Waals surface area contributed by atoms with Gasteiger partial charge in [0.25, 0.3) is 5.91 Å². The van der Waals surface area contributed by atoms with Crippen molar-refractivity contribution in [2.75, 3.05) is 18.1 Å². The van der Waals surface area contributed by atoms with Crippen molar-refractivity contribution in [1.29, 1.82) is 0 Å². The molecule has 43 heavy (non-hydrogen) atoms. The first kappa shape index (κ1) is 31.7. The van der Waals surface area contributed by atoms with E-state index in [2.05, 4.69) is 5.10 Å². The van der Waals surface area contributed by atoms with Gasteiger partial charge in [-0.2, -0.15) is 5.10 Å². The van der Waals surface area contributed by atoms with Gasteiger partial charge in [0.05, 0.1) is 29.2 Å². The normalized spacial score (nSPS) is 18.3. The molecule has 0 saturated carbocycles. The van der Waals surface area contributed by atoms with Crippen molar-refractivity contribution in [2.24, 2.45) is 11.3 Å². The van der Waals surface area contributed by atoms with Gasteiger partial charge in [0, 0.05) is 43.0 Å². The molecule has 10 nitrogen and oxygen atoms in total. The summed E-state index contributed by atoms with van der Waals surface area (Å²) in [5, 5.41) is 34.2. The number of para-hydroxylation sites is 1. The van der Waals surface area contributed by atoms with Gasteiger partial charge < -0.3 is 25.0 Å². The Hall–Kier alpha value is -4.28. The van der Waals surface area contributed by atoms with Crippen LogP contribution in [0.15, 0.2) is 60.8 Å². The second-order valence-electron chi connectivity index (χ2n) is 11.9. The first-order valence-electron chi connectivity index (χ1n) is 14.3. The van der Waals surface area contributed by atoms with Crippen LogP contribution in [-0.2, 0) is 22.4 Å². The van der Waals surface area contributed by atoms with Crippen LogP contribution < -0.4 is 4.90 Å². The SMILES string of the molecule is C/C=C\C(C)C1Cc2cc(C)ccc2N(CC(C)(C)CO)C(=O)[C@@H](Cc2c(C(=O)O)cnn2-c2ccccc2C(=O)O)O1. The summed E-state index contributed by atoms with van der Waals surface area (Å²) in [7, 11) is 0. The molecule has 1 aromatic heterocycles. The van der Waals surface area contributed by atoms with Crippen molar-refractivity contribution in [2.45, 2.75) is 59.7 Å². The lowest BCUT2D eigenvalue weighted by Crippen LogP contribution is -2.50. The van der Waals surface area contributed by atoms with E-state index in [9.17, 15) is 29.7 Å². The van der Waals surface area contributed by atoms with E-state index in [4.69, 9.17) is 4.74 Å². The number of anilines is 1. The first-order valence-corrected chi connectivity index (χ1v) is 14.3. The Morgan fingerprint density at radius 1 is 1.12 bits per heavy atom. The van der Waals surface area contributed by atoms with Crippen molar-refractivity contribution in [3.05, 3.63) is 88.8 Å². The van der Waals surface area contributed by atoms with E-state index in [0.717, 1.165) is 17.3 Å². The highest BCUT2D eigenvalue weighted by atomic mass is 16.5. The largest absolute Gasteiger partial charge is 0.478 e. The third-order valence-electron chi connectivity index (χ3n) is 7.76. The highest BCUT2D eigenvalue weighted by molar-refractivity contribution is 5.98. The van der Waals surface area contributed by atoms with Gasteiger partial charge in [-0.25, -0.2) is 14.3 Å². The zero-order valence-electron chi connectivity index (χ0n) is 25.2. The Morgan fingerprint density at radius 2 is 1.81 bits per heavy atom. The molecule has 2 aromatic carbocycles. The summed E-state index contributed by atoms with van der Waals surface area (Å²) in [6.07, 6.45) is 3.86. The lowest BCUT2D eigenvalue weighted by atomic mass is 9.90. The highest BCUT2D eigenvalue weighted by Gasteiger charge is 2.38. The summed E-state index contributed by atoms with van der Waals surface area (Å²) in [4.78, 5) is 40.5. The molecule has 0 radical (unpaired) electrons. The number of allylic oxidation sites excluding steroid dienone is 1. The van der Waals surface area contributed by atoms with Gasteiger partial charge in [-0.15, -0.1) is 0 Å². The first-order chi connectivity index (χ1) is 20.4. The predicted molar refractivity (Wildman–Crippen MR) is 162 cm³/mol. The Kier molecular flexibility index (Phi) is 9.52. The number of carboxylic acids is 2. The molecule has 3 atom stereocenters. The molecule has 0 aliphatic carbocycles. The van der Waals surface area contributed by atoms with Crippen LogP contribution in [0.25, 0.3) is 5.69 Å². The third kappa shape index (κ3) is 6.87. The molecule has 2 unspecified atom stereocenters. The number of carbonyl (C=O) groups is 3. The average Bonchev–Trinajstić information content (AvgIpc) is 3.38. The van der Waals surface area contributed by atoms with Gasteiger partial charge in [0.2, 0.25) is 0 Å². The molecule has 2 heterocycles. The van der Waals surface area contributed by atoms with E-state index in [1.165, 1.54) is 16.8 Å². The van der Waals surface area contributed by atoms with Gasteiger partial charge in [0.1, 0.15) is 11.7 Å². The maximum absolute atomic E-state index is 14.5. The number of aromatic carboxylic acids is 2. The molecule has 1 aliphatic heterocycles. The fourth-order valence-corrected chi connectivity index (χ4v) is 5.45. The fourth-order valence-electron chi connectivity index (χ4n) is 5.45. The zero-order chi connectivity index (χ0) is 31.5. The maximum atomic E-state index is 14.5. The summed E-state index contributed by atoms with van der Waals surface area (Å²) in [6.45, 7) is 9.66. The number of nitrogens with zero attached hydrogens (tertiary/aromatic N) is 3. The summed E-state index contributed by atoms with van der Waals surface area (Å²) < 4.78 is 7.88. The second-order valence-corrected chi connectivity index (χ2v) is 11.9. The minimum Gasteiger partial charge on any atom is -0.478 e. The lowest BCUT2D eigenvalue weighted by molar-refractivity contribution is -0.136. The molecule has 10 heteroatoms. The average molecular weight is 590 g/mol. The standard InChI is InChI=1S/C33H39N3O7/c1-6-9-21(3)28-15-22-14-20(2)12-13-25(22)35(18-33(4,5)19-37)30(38)29(43-28)16-27-24(32(41)42)17-34-36(27)26-11-8-7-10-23(26)31(39)40/h6-14,17,21,28-29,37H,15-16,18-19H2,1-5H3,(H,39,40)(H,41,42)/b9-6-/t21?,28?,29-/m1/s1. The topological polar surface area (TPSA) is 142 Å². The van der Waals surface area contributed by atoms with E-state index in [-0.39, 0.29) is 53.9 Å². The third-order valence-corrected chi connectivity index (χ3v) is 7.76. The fraction of sp³-hybridized carbons (Fsp3) is 0.394. The predicted octanol–water partition coefficient (Wildman–Crippen LogP) is 4.69. The highest BCUT2D eigenvalue weighted by Crippen LogP contribution is 2.34. The quantitative estimate of drug-likeness (QED) is 0.289. The van der Waals surface area contributed by atoms with E-state index >= 15 is 0 Å². The van der Waals surface area contributed by atoms with Crippen LogP contribution in [0.2, 0.25) is 0 Å². The minimum atomic E-state index is -1.26. The number of aliphatic hydroxyl groups is 1. The number of rotatable bonds is 10. The van der Waals surface area contributed by atoms with Crippen molar-refractivity contribution < 1.29 is 34.4 Å². The number of carboxylic acid groups (broad SMARTS) is 2. The lowest BCUT2D eigenvalue weighted by Gasteiger charge is -2.39. The van der Waals surface area contributed by atoms with Crippen LogP contribution in [-0.4, -0.2) is 68.3 Å². The Labute approximate surface area is 251 Å². The van der Waals surface area contributed by atoms with Crippen LogP contribution in [0.4, 0.5) is 5.69 Å². The molecule has 3 aromatic rings. The number of benzene rings is 2. The van der Waals surface area contributed by atoms with E-state index in [0.29, 0.717) is 12.1 Å². The number of amides is 1. The van der Waals surface area contributed by atoms with Crippen molar-refractivity contribution in [3.8, 4) is 5.69 Å². The molecule has 0 fully saturated rings. The van der Waals surface area contributed by atoms with Gasteiger partial charge in [-0.05, 0) is 37.6 Å². The number of hydrogen-bond donors (Lipinski definition) is 3. The van der Waals surface area contributed by atoms with Gasteiger partial charge in [-0.1, -0.05) is 62.8 Å². The zero-order valence-corrected chi connectivity index (χ0v) is 25.2. The molecule has 0 saturated heterocycles. The summed E-state index contributed by atoms with van der Waals surface area (Å²) >= 11 is 0. The minimum absolute atomic E-state index is 0.0658. The number of aryl methyl sites for hydroxylation is 1. The van der Waals surface area contributed by atoms with Crippen LogP contribution in [0.5, 0.6) is 0 Å². The molecule has 4 rings (SSSR count). The van der Waals surface area contributed by atoms with Gasteiger partial charge >= 0.3 is 11.9 Å². The summed E-state index contributed by atoms with van der Waals surface area (Å²) in [5.74, 6) is -2.92. The second kappa shape index (κ2) is 12.9. The van der Waals surface area contributed by atoms with Gasteiger partial charge in [-0.3, -0.25) is 4.79 Å². The molecule has 0 bridgehead atoms. The number of carbonyl (C=O) groups excluding carboxylic acids is 1. The maximum Gasteiger partial charge on any atom is 0.339 e. The Balaban J connectivity index is 1.89. The van der Waals surface area contributed by atoms with Crippen LogP contribution in [0.3, 0.4) is 0 Å². The number of ether oxygens (including phenoxy) is 1. The number of aliphatic hydroxyl groups excluding tert-OH is 1. The molecule has 1 aliphatic rings. The van der Waals surface area contributed by atoms with Crippen molar-refractivity contribution in [1.82, 2.24) is 9.78 Å². The smallest absolute Gasteiger partial charge is 0.339 e. The van der Waals surface area contributed by atoms with Crippen LogP contribution in [0, 0.1) is 18.3 Å². The Morgan fingerprint density at radius 3 is 2.47 bits per heavy atom. The molecular formula is C33H39N3O7. The number of hydrogen-bond acceptors (Lipinski definition) is 6. The van der Waals surface area contributed by atoms with Crippen molar-refractivity contribution in [3.63, 3.8) is 0 Å². The summed E-state index contributed by atoms with van der Waals surface area (Å²) in [5.41, 5.74) is 2.14.